The van der Waals surface area contributed by atoms with Gasteiger partial charge in [-0.1, -0.05) is 53.7 Å². The van der Waals surface area contributed by atoms with Crippen molar-refractivity contribution < 1.29 is 0 Å². The minimum atomic E-state index is 0.113. The minimum absolute atomic E-state index is 0.113. The molecule has 0 heterocycles. The van der Waals surface area contributed by atoms with Gasteiger partial charge in [0.2, 0.25) is 0 Å². The largest absolute Gasteiger partial charge is 0.384 e. The molecule has 104 valence electrons. The summed E-state index contributed by atoms with van der Waals surface area (Å²) in [5.41, 5.74) is 7.61. The fraction of sp³-hybridized carbons (Fsp3) is 0.0556. The number of hydrogen-bond acceptors (Lipinski definition) is 2. The maximum atomic E-state index is 7.73. The van der Waals surface area contributed by atoms with Crippen LogP contribution in [-0.2, 0) is 0 Å². The van der Waals surface area contributed by atoms with Gasteiger partial charge in [-0.25, -0.2) is 0 Å². The number of aryl methyl sites for hydroxylation is 1. The molecule has 3 aromatic rings. The lowest BCUT2D eigenvalue weighted by Crippen LogP contribution is -2.12. The fourth-order valence-corrected chi connectivity index (χ4v) is 3.29. The van der Waals surface area contributed by atoms with Crippen LogP contribution < -0.4 is 5.73 Å². The molecule has 2 nitrogen and oxygen atoms in total. The van der Waals surface area contributed by atoms with Gasteiger partial charge in [-0.15, -0.1) is 0 Å². The number of hydrogen-bond donors (Lipinski definition) is 2. The van der Waals surface area contributed by atoms with Crippen LogP contribution in [0.5, 0.6) is 0 Å². The lowest BCUT2D eigenvalue weighted by Gasteiger charge is -2.09. The van der Waals surface area contributed by atoms with Crippen LogP contribution in [0.2, 0.25) is 0 Å². The number of fused-ring (bicyclic) bond motifs is 1. The average molecular weight is 292 g/mol. The van der Waals surface area contributed by atoms with Gasteiger partial charge >= 0.3 is 0 Å². The Hall–Kier alpha value is -2.26. The Labute approximate surface area is 128 Å². The van der Waals surface area contributed by atoms with Crippen molar-refractivity contribution in [3.05, 3.63) is 71.8 Å². The smallest absolute Gasteiger partial charge is 0.123 e. The molecule has 3 heteroatoms. The molecule has 0 aliphatic rings. The Morgan fingerprint density at radius 3 is 2.48 bits per heavy atom. The maximum Gasteiger partial charge on any atom is 0.123 e. The van der Waals surface area contributed by atoms with Gasteiger partial charge in [0.15, 0.2) is 0 Å². The van der Waals surface area contributed by atoms with Crippen LogP contribution in [0.15, 0.2) is 70.5 Å². The van der Waals surface area contributed by atoms with Gasteiger partial charge in [-0.3, -0.25) is 5.41 Å². The molecule has 0 unspecified atom stereocenters. The van der Waals surface area contributed by atoms with E-state index in [1.54, 1.807) is 11.8 Å². The summed E-state index contributed by atoms with van der Waals surface area (Å²) in [7, 11) is 0. The van der Waals surface area contributed by atoms with Gasteiger partial charge in [0.1, 0.15) is 5.84 Å². The molecule has 0 saturated carbocycles. The van der Waals surface area contributed by atoms with Crippen molar-refractivity contribution in [3.63, 3.8) is 0 Å². The van der Waals surface area contributed by atoms with E-state index in [1.165, 1.54) is 10.8 Å². The summed E-state index contributed by atoms with van der Waals surface area (Å²) < 4.78 is 0. The molecule has 3 N–H and O–H groups in total. The molecule has 0 radical (unpaired) electrons. The Morgan fingerprint density at radius 2 is 1.71 bits per heavy atom. The van der Waals surface area contributed by atoms with Gasteiger partial charge in [0, 0.05) is 15.4 Å². The Morgan fingerprint density at radius 1 is 0.952 bits per heavy atom. The van der Waals surface area contributed by atoms with E-state index in [4.69, 9.17) is 11.1 Å². The number of nitrogens with two attached hydrogens (primary N) is 1. The van der Waals surface area contributed by atoms with Gasteiger partial charge in [-0.2, -0.15) is 0 Å². The third-order valence-electron chi connectivity index (χ3n) is 3.37. The van der Waals surface area contributed by atoms with Crippen LogP contribution in [0, 0.1) is 12.3 Å². The molecule has 0 bridgehead atoms. The zero-order chi connectivity index (χ0) is 14.8. The van der Waals surface area contributed by atoms with Crippen LogP contribution in [-0.4, -0.2) is 5.84 Å². The van der Waals surface area contributed by atoms with Gasteiger partial charge in [-0.05, 0) is 42.0 Å². The van der Waals surface area contributed by atoms with E-state index in [0.717, 1.165) is 20.9 Å². The van der Waals surface area contributed by atoms with Crippen LogP contribution in [0.1, 0.15) is 11.1 Å². The first kappa shape index (κ1) is 13.7. The molecule has 0 aromatic heterocycles. The first-order chi connectivity index (χ1) is 10.1. The number of nitrogen functional groups attached to an aromatic ring is 1. The maximum absolute atomic E-state index is 7.73. The molecule has 0 aliphatic heterocycles. The number of rotatable bonds is 3. The highest BCUT2D eigenvalue weighted by Gasteiger charge is 2.08. The monoisotopic (exact) mass is 292 g/mol. The Bertz CT molecular complexity index is 824. The second kappa shape index (κ2) is 5.62. The van der Waals surface area contributed by atoms with E-state index in [0.29, 0.717) is 0 Å². The average Bonchev–Trinajstić information content (AvgIpc) is 2.49. The molecular weight excluding hydrogens is 276 g/mol. The van der Waals surface area contributed by atoms with Gasteiger partial charge < -0.3 is 5.73 Å². The number of benzene rings is 3. The van der Waals surface area contributed by atoms with Crippen molar-refractivity contribution in [3.8, 4) is 0 Å². The molecule has 0 amide bonds. The molecular formula is C18H16N2S. The highest BCUT2D eigenvalue weighted by molar-refractivity contribution is 7.99. The summed E-state index contributed by atoms with van der Waals surface area (Å²) in [5, 5.41) is 10.2. The first-order valence-electron chi connectivity index (χ1n) is 6.75. The van der Waals surface area contributed by atoms with E-state index in [-0.39, 0.29) is 5.84 Å². The molecule has 3 aromatic carbocycles. The second-order valence-electron chi connectivity index (χ2n) is 5.02. The lowest BCUT2D eigenvalue weighted by molar-refractivity contribution is 1.30. The fourth-order valence-electron chi connectivity index (χ4n) is 2.30. The predicted molar refractivity (Wildman–Crippen MR) is 90.3 cm³/mol. The van der Waals surface area contributed by atoms with E-state index < -0.39 is 0 Å². The molecule has 0 atom stereocenters. The molecule has 21 heavy (non-hydrogen) atoms. The van der Waals surface area contributed by atoms with Crippen LogP contribution in [0.25, 0.3) is 10.8 Å². The van der Waals surface area contributed by atoms with E-state index >= 15 is 0 Å². The third-order valence-corrected chi connectivity index (χ3v) is 4.44. The van der Waals surface area contributed by atoms with Gasteiger partial charge in [0.05, 0.1) is 0 Å². The molecule has 0 saturated heterocycles. The second-order valence-corrected chi connectivity index (χ2v) is 6.14. The van der Waals surface area contributed by atoms with Crippen LogP contribution in [0.4, 0.5) is 0 Å². The highest BCUT2D eigenvalue weighted by Crippen LogP contribution is 2.32. The summed E-state index contributed by atoms with van der Waals surface area (Å²) in [4.78, 5) is 2.17. The number of nitrogens with one attached hydrogen (secondary N) is 1. The standard InChI is InChI=1S/C18H16N2S/c1-12-6-9-17(16(10-12)18(19)20)21-15-8-7-13-4-2-3-5-14(13)11-15/h2-11H,1H3,(H3,19,20). The first-order valence-corrected chi connectivity index (χ1v) is 7.57. The Kier molecular flexibility index (Phi) is 3.67. The number of amidine groups is 1. The van der Waals surface area contributed by atoms with Crippen molar-refractivity contribution in [1.82, 2.24) is 0 Å². The molecule has 0 fully saturated rings. The predicted octanol–water partition coefficient (Wildman–Crippen LogP) is 4.58. The molecule has 0 spiro atoms. The van der Waals surface area contributed by atoms with Crippen molar-refractivity contribution in [2.75, 3.05) is 0 Å². The lowest BCUT2D eigenvalue weighted by atomic mass is 10.1. The van der Waals surface area contributed by atoms with Crippen LogP contribution >= 0.6 is 11.8 Å². The SMILES string of the molecule is Cc1ccc(Sc2ccc3ccccc3c2)c(C(=N)N)c1. The van der Waals surface area contributed by atoms with Crippen molar-refractivity contribution >= 4 is 28.4 Å². The summed E-state index contributed by atoms with van der Waals surface area (Å²) in [6.07, 6.45) is 0. The quantitative estimate of drug-likeness (QED) is 0.548. The van der Waals surface area contributed by atoms with Crippen LogP contribution in [0.3, 0.4) is 0 Å². The van der Waals surface area contributed by atoms with Gasteiger partial charge in [0.25, 0.3) is 0 Å². The van der Waals surface area contributed by atoms with Crippen molar-refractivity contribution in [2.24, 2.45) is 5.73 Å². The normalized spacial score (nSPS) is 10.7. The zero-order valence-electron chi connectivity index (χ0n) is 11.8. The van der Waals surface area contributed by atoms with E-state index in [1.807, 2.05) is 31.2 Å². The topological polar surface area (TPSA) is 49.9 Å². The summed E-state index contributed by atoms with van der Waals surface area (Å²) in [6.45, 7) is 2.01. The molecule has 3 rings (SSSR count). The highest BCUT2D eigenvalue weighted by atomic mass is 32.2. The Balaban J connectivity index is 2.00. The van der Waals surface area contributed by atoms with E-state index in [9.17, 15) is 0 Å². The summed E-state index contributed by atoms with van der Waals surface area (Å²) in [6, 6.07) is 20.8. The summed E-state index contributed by atoms with van der Waals surface area (Å²) >= 11 is 1.65. The minimum Gasteiger partial charge on any atom is -0.384 e. The summed E-state index contributed by atoms with van der Waals surface area (Å²) in [5.74, 6) is 0.113. The van der Waals surface area contributed by atoms with E-state index in [2.05, 4.69) is 36.4 Å². The van der Waals surface area contributed by atoms with Crippen molar-refractivity contribution in [1.29, 1.82) is 5.41 Å². The molecule has 0 aliphatic carbocycles. The van der Waals surface area contributed by atoms with Crippen molar-refractivity contribution in [2.45, 2.75) is 16.7 Å². The third kappa shape index (κ3) is 2.93. The zero-order valence-corrected chi connectivity index (χ0v) is 12.6.